The first kappa shape index (κ1) is 13.0. The topological polar surface area (TPSA) is 34.0 Å². The summed E-state index contributed by atoms with van der Waals surface area (Å²) >= 11 is 0. The molecule has 1 aromatic carbocycles. The van der Waals surface area contributed by atoms with E-state index in [2.05, 4.69) is 10.2 Å². The van der Waals surface area contributed by atoms with Crippen molar-refractivity contribution in [3.63, 3.8) is 0 Å². The Morgan fingerprint density at radius 3 is 2.75 bits per heavy atom. The summed E-state index contributed by atoms with van der Waals surface area (Å²) in [5.74, 6) is 0.732. The van der Waals surface area contributed by atoms with Crippen molar-refractivity contribution in [3.05, 3.63) is 41.5 Å². The summed E-state index contributed by atoms with van der Waals surface area (Å²) in [5.41, 5.74) is 0.487. The van der Waals surface area contributed by atoms with Gasteiger partial charge in [0.05, 0.1) is 12.1 Å². The number of rotatable bonds is 2. The molecule has 1 aromatic heterocycles. The number of halogens is 3. The fraction of sp³-hybridized carbons (Fsp3) is 0.385. The van der Waals surface area contributed by atoms with E-state index in [0.717, 1.165) is 11.9 Å². The Bertz CT molecular complexity index is 633. The van der Waals surface area contributed by atoms with Crippen LogP contribution in [0.25, 0.3) is 0 Å². The van der Waals surface area contributed by atoms with Gasteiger partial charge in [0.15, 0.2) is 5.82 Å². The number of anilines is 1. The second-order valence-electron chi connectivity index (χ2n) is 4.83. The van der Waals surface area contributed by atoms with Crippen LogP contribution in [0.5, 0.6) is 0 Å². The van der Waals surface area contributed by atoms with E-state index >= 15 is 0 Å². The molecule has 3 rings (SSSR count). The zero-order valence-electron chi connectivity index (χ0n) is 10.9. The highest BCUT2D eigenvalue weighted by molar-refractivity contribution is 5.61. The SMILES string of the molecule is Cn1cnnc1CN1CCc2c1cccc2C(F)(F)F. The lowest BCUT2D eigenvalue weighted by Crippen LogP contribution is -2.21. The van der Waals surface area contributed by atoms with E-state index in [0.29, 0.717) is 30.8 Å². The number of hydrogen-bond acceptors (Lipinski definition) is 3. The van der Waals surface area contributed by atoms with E-state index in [1.54, 1.807) is 17.0 Å². The smallest absolute Gasteiger partial charge is 0.363 e. The molecule has 2 aromatic rings. The molecule has 2 heterocycles. The molecule has 0 saturated carbocycles. The summed E-state index contributed by atoms with van der Waals surface area (Å²) in [6.07, 6.45) is -2.31. The maximum Gasteiger partial charge on any atom is 0.416 e. The minimum Gasteiger partial charge on any atom is -0.363 e. The standard InChI is InChI=1S/C13H13F3N4/c1-19-8-17-18-12(19)7-20-6-5-9-10(13(14,15)16)3-2-4-11(9)20/h2-4,8H,5-7H2,1H3. The average molecular weight is 282 g/mol. The molecule has 0 atom stereocenters. The van der Waals surface area contributed by atoms with Crippen LogP contribution in [0.3, 0.4) is 0 Å². The molecule has 0 bridgehead atoms. The summed E-state index contributed by atoms with van der Waals surface area (Å²) < 4.78 is 40.7. The highest BCUT2D eigenvalue weighted by Crippen LogP contribution is 2.39. The Morgan fingerprint density at radius 2 is 2.10 bits per heavy atom. The van der Waals surface area contributed by atoms with Gasteiger partial charge in [-0.25, -0.2) is 0 Å². The lowest BCUT2D eigenvalue weighted by atomic mass is 10.0. The Balaban J connectivity index is 1.93. The molecular formula is C13H13F3N4. The number of aryl methyl sites for hydroxylation is 1. The van der Waals surface area contributed by atoms with Gasteiger partial charge in [0, 0.05) is 19.3 Å². The molecule has 4 nitrogen and oxygen atoms in total. The van der Waals surface area contributed by atoms with Crippen molar-refractivity contribution in [1.82, 2.24) is 14.8 Å². The number of hydrogen-bond donors (Lipinski definition) is 0. The van der Waals surface area contributed by atoms with E-state index in [4.69, 9.17) is 0 Å². The molecule has 0 radical (unpaired) electrons. The molecule has 0 amide bonds. The summed E-state index contributed by atoms with van der Waals surface area (Å²) in [5, 5.41) is 7.76. The number of alkyl halides is 3. The van der Waals surface area contributed by atoms with Gasteiger partial charge in [-0.05, 0) is 24.1 Å². The fourth-order valence-corrected chi connectivity index (χ4v) is 2.55. The number of aromatic nitrogens is 3. The molecule has 0 aliphatic carbocycles. The summed E-state index contributed by atoms with van der Waals surface area (Å²) in [4.78, 5) is 1.91. The Kier molecular flexibility index (Phi) is 2.92. The van der Waals surface area contributed by atoms with Crippen LogP contribution in [0.4, 0.5) is 18.9 Å². The van der Waals surface area contributed by atoms with Gasteiger partial charge in [0.25, 0.3) is 0 Å². The van der Waals surface area contributed by atoms with E-state index in [1.165, 1.54) is 6.07 Å². The minimum atomic E-state index is -4.30. The molecule has 1 aliphatic rings. The number of nitrogens with zero attached hydrogens (tertiary/aromatic N) is 4. The number of fused-ring (bicyclic) bond motifs is 1. The lowest BCUT2D eigenvalue weighted by Gasteiger charge is -2.19. The van der Waals surface area contributed by atoms with Crippen molar-refractivity contribution in [3.8, 4) is 0 Å². The fourth-order valence-electron chi connectivity index (χ4n) is 2.55. The van der Waals surface area contributed by atoms with Gasteiger partial charge in [-0.15, -0.1) is 10.2 Å². The second kappa shape index (κ2) is 4.50. The molecule has 0 spiro atoms. The van der Waals surface area contributed by atoms with Crippen LogP contribution in [-0.2, 0) is 26.2 Å². The van der Waals surface area contributed by atoms with Gasteiger partial charge in [0.1, 0.15) is 6.33 Å². The third-order valence-electron chi connectivity index (χ3n) is 3.57. The van der Waals surface area contributed by atoms with Crippen molar-refractivity contribution in [2.75, 3.05) is 11.4 Å². The highest BCUT2D eigenvalue weighted by Gasteiger charge is 2.36. The molecule has 0 N–H and O–H groups in total. The molecule has 0 fully saturated rings. The third kappa shape index (κ3) is 2.13. The van der Waals surface area contributed by atoms with Crippen molar-refractivity contribution in [2.45, 2.75) is 19.1 Å². The predicted octanol–water partition coefficient (Wildman–Crippen LogP) is 2.40. The molecule has 7 heteroatoms. The van der Waals surface area contributed by atoms with Gasteiger partial charge >= 0.3 is 6.18 Å². The van der Waals surface area contributed by atoms with E-state index in [1.807, 2.05) is 11.9 Å². The van der Waals surface area contributed by atoms with Crippen LogP contribution in [0.2, 0.25) is 0 Å². The molecular weight excluding hydrogens is 269 g/mol. The first-order valence-electron chi connectivity index (χ1n) is 6.23. The Hall–Kier alpha value is -2.05. The second-order valence-corrected chi connectivity index (χ2v) is 4.83. The largest absolute Gasteiger partial charge is 0.416 e. The van der Waals surface area contributed by atoms with Crippen molar-refractivity contribution < 1.29 is 13.2 Å². The van der Waals surface area contributed by atoms with E-state index in [-0.39, 0.29) is 0 Å². The maximum absolute atomic E-state index is 13.0. The quantitative estimate of drug-likeness (QED) is 0.848. The van der Waals surface area contributed by atoms with E-state index < -0.39 is 11.7 Å². The highest BCUT2D eigenvalue weighted by atomic mass is 19.4. The summed E-state index contributed by atoms with van der Waals surface area (Å²) in [6.45, 7) is 1.03. The van der Waals surface area contributed by atoms with Crippen LogP contribution >= 0.6 is 0 Å². The monoisotopic (exact) mass is 282 g/mol. The zero-order chi connectivity index (χ0) is 14.3. The Labute approximate surface area is 113 Å². The first-order valence-corrected chi connectivity index (χ1v) is 6.23. The van der Waals surface area contributed by atoms with Gasteiger partial charge < -0.3 is 9.47 Å². The van der Waals surface area contributed by atoms with Crippen LogP contribution in [-0.4, -0.2) is 21.3 Å². The van der Waals surface area contributed by atoms with Crippen LogP contribution in [0.15, 0.2) is 24.5 Å². The molecule has 0 saturated heterocycles. The lowest BCUT2D eigenvalue weighted by molar-refractivity contribution is -0.138. The maximum atomic E-state index is 13.0. The van der Waals surface area contributed by atoms with Crippen molar-refractivity contribution in [2.24, 2.45) is 7.05 Å². The van der Waals surface area contributed by atoms with Gasteiger partial charge in [-0.2, -0.15) is 13.2 Å². The average Bonchev–Trinajstić information content (AvgIpc) is 2.96. The first-order chi connectivity index (χ1) is 9.47. The van der Waals surface area contributed by atoms with Crippen LogP contribution in [0, 0.1) is 0 Å². The van der Waals surface area contributed by atoms with Gasteiger partial charge in [0.2, 0.25) is 0 Å². The normalized spacial score (nSPS) is 14.7. The van der Waals surface area contributed by atoms with Crippen LogP contribution < -0.4 is 4.90 Å². The summed E-state index contributed by atoms with van der Waals surface area (Å²) in [6, 6.07) is 4.33. The molecule has 0 unspecified atom stereocenters. The number of benzene rings is 1. The van der Waals surface area contributed by atoms with Crippen molar-refractivity contribution >= 4 is 5.69 Å². The van der Waals surface area contributed by atoms with Gasteiger partial charge in [-0.1, -0.05) is 6.07 Å². The van der Waals surface area contributed by atoms with E-state index in [9.17, 15) is 13.2 Å². The van der Waals surface area contributed by atoms with Gasteiger partial charge in [-0.3, -0.25) is 0 Å². The third-order valence-corrected chi connectivity index (χ3v) is 3.57. The predicted molar refractivity (Wildman–Crippen MR) is 67.2 cm³/mol. The minimum absolute atomic E-state index is 0.377. The zero-order valence-corrected chi connectivity index (χ0v) is 10.9. The molecule has 1 aliphatic heterocycles. The van der Waals surface area contributed by atoms with Crippen LogP contribution in [0.1, 0.15) is 17.0 Å². The molecule has 106 valence electrons. The van der Waals surface area contributed by atoms with Crippen molar-refractivity contribution in [1.29, 1.82) is 0 Å². The summed E-state index contributed by atoms with van der Waals surface area (Å²) in [7, 11) is 1.82. The molecule has 20 heavy (non-hydrogen) atoms. The Morgan fingerprint density at radius 1 is 1.30 bits per heavy atom.